The molecule has 8 nitrogen and oxygen atoms in total. The van der Waals surface area contributed by atoms with E-state index in [1.165, 1.54) is 23.2 Å². The van der Waals surface area contributed by atoms with Crippen LogP contribution >= 0.6 is 0 Å². The van der Waals surface area contributed by atoms with E-state index < -0.39 is 23.6 Å². The molecule has 11 heteroatoms. The maximum absolute atomic E-state index is 12.7. The van der Waals surface area contributed by atoms with Gasteiger partial charge < -0.3 is 25.8 Å². The minimum absolute atomic E-state index is 0.293. The standard InChI is InChI=1S/C19H19F3N6O2/c20-19(21,22)12-1-3-14(4-2-12)27-5-7-28(8-6-27)18(30)17(29)26-13-9-15-16(23-10-13)25-11-24-15/h1-4,9-10,24H,5-8,11H2,(H,23,25)(H,26,29). The smallest absolute Gasteiger partial charge is 0.368 e. The summed E-state index contributed by atoms with van der Waals surface area (Å²) >= 11 is 0. The zero-order valence-electron chi connectivity index (χ0n) is 15.8. The van der Waals surface area contributed by atoms with Crippen LogP contribution in [0.3, 0.4) is 0 Å². The SMILES string of the molecule is O=C(Nc1cnc2c(c1)NCN2)C(=O)N1CCN(c2ccc(C(F)(F)F)cc2)CC1. The first-order valence-electron chi connectivity index (χ1n) is 9.31. The predicted molar refractivity (Wildman–Crippen MR) is 105 cm³/mol. The number of hydrogen-bond acceptors (Lipinski definition) is 6. The zero-order chi connectivity index (χ0) is 21.3. The minimum Gasteiger partial charge on any atom is -0.368 e. The van der Waals surface area contributed by atoms with E-state index in [0.717, 1.165) is 17.8 Å². The Hall–Kier alpha value is -3.50. The number of piperazine rings is 1. The van der Waals surface area contributed by atoms with E-state index >= 15 is 0 Å². The number of fused-ring (bicyclic) bond motifs is 1. The summed E-state index contributed by atoms with van der Waals surface area (Å²) in [4.78, 5) is 32.2. The largest absolute Gasteiger partial charge is 0.416 e. The summed E-state index contributed by atoms with van der Waals surface area (Å²) in [6, 6.07) is 6.59. The second-order valence-corrected chi connectivity index (χ2v) is 6.93. The second-order valence-electron chi connectivity index (χ2n) is 6.93. The van der Waals surface area contributed by atoms with Gasteiger partial charge in [0, 0.05) is 31.9 Å². The van der Waals surface area contributed by atoms with Gasteiger partial charge in [-0.3, -0.25) is 9.59 Å². The third-order valence-electron chi connectivity index (χ3n) is 5.00. The van der Waals surface area contributed by atoms with Gasteiger partial charge >= 0.3 is 18.0 Å². The normalized spacial score (nSPS) is 15.8. The van der Waals surface area contributed by atoms with Crippen molar-refractivity contribution in [2.24, 2.45) is 0 Å². The van der Waals surface area contributed by atoms with Gasteiger partial charge in [0.2, 0.25) is 0 Å². The number of alkyl halides is 3. The number of nitrogens with one attached hydrogen (secondary N) is 3. The van der Waals surface area contributed by atoms with E-state index in [-0.39, 0.29) is 0 Å². The number of halogens is 3. The van der Waals surface area contributed by atoms with E-state index in [0.29, 0.717) is 50.0 Å². The molecule has 0 unspecified atom stereocenters. The van der Waals surface area contributed by atoms with Gasteiger partial charge in [-0.1, -0.05) is 0 Å². The van der Waals surface area contributed by atoms with E-state index in [1.807, 2.05) is 4.90 Å². The van der Waals surface area contributed by atoms with Crippen molar-refractivity contribution in [1.82, 2.24) is 9.88 Å². The Morgan fingerprint density at radius 3 is 2.40 bits per heavy atom. The van der Waals surface area contributed by atoms with Gasteiger partial charge in [0.05, 0.1) is 29.8 Å². The van der Waals surface area contributed by atoms with Gasteiger partial charge in [-0.2, -0.15) is 13.2 Å². The molecule has 0 spiro atoms. The van der Waals surface area contributed by atoms with Crippen LogP contribution in [-0.4, -0.2) is 54.5 Å². The quantitative estimate of drug-likeness (QED) is 0.646. The average molecular weight is 420 g/mol. The third kappa shape index (κ3) is 4.09. The maximum Gasteiger partial charge on any atom is 0.416 e. The fourth-order valence-corrected chi connectivity index (χ4v) is 3.39. The van der Waals surface area contributed by atoms with Crippen LogP contribution in [0.15, 0.2) is 36.5 Å². The number of benzene rings is 1. The molecule has 158 valence electrons. The lowest BCUT2D eigenvalue weighted by Gasteiger charge is -2.35. The molecule has 2 aromatic rings. The molecule has 0 saturated carbocycles. The van der Waals surface area contributed by atoms with E-state index in [1.54, 1.807) is 6.07 Å². The molecule has 4 rings (SSSR count). The molecule has 1 saturated heterocycles. The van der Waals surface area contributed by atoms with Crippen molar-refractivity contribution >= 4 is 34.7 Å². The lowest BCUT2D eigenvalue weighted by Crippen LogP contribution is -2.51. The van der Waals surface area contributed by atoms with Crippen molar-refractivity contribution in [3.63, 3.8) is 0 Å². The summed E-state index contributed by atoms with van der Waals surface area (Å²) in [5.74, 6) is -0.738. The van der Waals surface area contributed by atoms with E-state index in [4.69, 9.17) is 0 Å². The summed E-state index contributed by atoms with van der Waals surface area (Å²) in [7, 11) is 0. The molecule has 0 radical (unpaired) electrons. The molecule has 1 aromatic heterocycles. The first-order chi connectivity index (χ1) is 14.3. The Morgan fingerprint density at radius 2 is 1.73 bits per heavy atom. The van der Waals surface area contributed by atoms with Crippen LogP contribution in [0.4, 0.5) is 36.1 Å². The third-order valence-corrected chi connectivity index (χ3v) is 5.00. The van der Waals surface area contributed by atoms with Crippen molar-refractivity contribution in [1.29, 1.82) is 0 Å². The van der Waals surface area contributed by atoms with Crippen LogP contribution < -0.4 is 20.9 Å². The fraction of sp³-hybridized carbons (Fsp3) is 0.316. The number of carbonyl (C=O) groups is 2. The molecule has 1 aromatic carbocycles. The monoisotopic (exact) mass is 420 g/mol. The van der Waals surface area contributed by atoms with Gasteiger partial charge in [-0.05, 0) is 30.3 Å². The number of nitrogens with zero attached hydrogens (tertiary/aromatic N) is 3. The lowest BCUT2D eigenvalue weighted by atomic mass is 10.1. The number of anilines is 4. The highest BCUT2D eigenvalue weighted by atomic mass is 19.4. The topological polar surface area (TPSA) is 89.6 Å². The van der Waals surface area contributed by atoms with E-state index in [9.17, 15) is 22.8 Å². The Morgan fingerprint density at radius 1 is 1.03 bits per heavy atom. The predicted octanol–water partition coefficient (Wildman–Crippen LogP) is 2.18. The highest BCUT2D eigenvalue weighted by molar-refractivity contribution is 6.39. The molecule has 3 heterocycles. The highest BCUT2D eigenvalue weighted by Crippen LogP contribution is 2.31. The van der Waals surface area contributed by atoms with E-state index in [2.05, 4.69) is 20.9 Å². The van der Waals surface area contributed by atoms with Gasteiger partial charge in [-0.15, -0.1) is 0 Å². The average Bonchev–Trinajstić information content (AvgIpc) is 3.21. The molecule has 3 N–H and O–H groups in total. The highest BCUT2D eigenvalue weighted by Gasteiger charge is 2.31. The maximum atomic E-state index is 12.7. The lowest BCUT2D eigenvalue weighted by molar-refractivity contribution is -0.143. The Kier molecular flexibility index (Phi) is 5.10. The number of pyridine rings is 1. The molecule has 30 heavy (non-hydrogen) atoms. The number of amides is 2. The molecule has 0 aliphatic carbocycles. The minimum atomic E-state index is -4.38. The molecular formula is C19H19F3N6O2. The molecule has 0 atom stereocenters. The fourth-order valence-electron chi connectivity index (χ4n) is 3.39. The van der Waals surface area contributed by atoms with Crippen LogP contribution in [-0.2, 0) is 15.8 Å². The Bertz CT molecular complexity index is 956. The van der Waals surface area contributed by atoms with Gasteiger partial charge in [0.15, 0.2) is 5.82 Å². The summed E-state index contributed by atoms with van der Waals surface area (Å²) in [6.45, 7) is 1.96. The van der Waals surface area contributed by atoms with Gasteiger partial charge in [0.1, 0.15) is 0 Å². The number of carbonyl (C=O) groups excluding carboxylic acids is 2. The van der Waals surface area contributed by atoms with Crippen molar-refractivity contribution in [2.45, 2.75) is 6.18 Å². The van der Waals surface area contributed by atoms with Crippen LogP contribution in [0.2, 0.25) is 0 Å². The van der Waals surface area contributed by atoms with Crippen LogP contribution in [0, 0.1) is 0 Å². The van der Waals surface area contributed by atoms with Crippen LogP contribution in [0.1, 0.15) is 5.56 Å². The van der Waals surface area contributed by atoms with Gasteiger partial charge in [-0.25, -0.2) is 4.98 Å². The van der Waals surface area contributed by atoms with Crippen molar-refractivity contribution < 1.29 is 22.8 Å². The Balaban J connectivity index is 1.32. The van der Waals surface area contributed by atoms with Gasteiger partial charge in [0.25, 0.3) is 0 Å². The number of aromatic nitrogens is 1. The molecule has 1 fully saturated rings. The summed E-state index contributed by atoms with van der Waals surface area (Å²) < 4.78 is 38.1. The summed E-state index contributed by atoms with van der Waals surface area (Å²) in [5.41, 5.74) is 1.09. The first-order valence-corrected chi connectivity index (χ1v) is 9.31. The zero-order valence-corrected chi connectivity index (χ0v) is 15.8. The molecule has 2 aliphatic heterocycles. The summed E-state index contributed by atoms with van der Waals surface area (Å²) in [5, 5.41) is 8.61. The Labute approximate surface area is 170 Å². The van der Waals surface area contributed by atoms with Crippen molar-refractivity contribution in [2.75, 3.05) is 53.7 Å². The van der Waals surface area contributed by atoms with Crippen LogP contribution in [0.5, 0.6) is 0 Å². The molecule has 2 amide bonds. The van der Waals surface area contributed by atoms with Crippen molar-refractivity contribution in [3.8, 4) is 0 Å². The summed E-state index contributed by atoms with van der Waals surface area (Å²) in [6.07, 6.45) is -2.91. The molecular weight excluding hydrogens is 401 g/mol. The number of rotatable bonds is 2. The molecule has 2 aliphatic rings. The van der Waals surface area contributed by atoms with Crippen molar-refractivity contribution in [3.05, 3.63) is 42.1 Å². The molecule has 0 bridgehead atoms. The number of hydrogen-bond donors (Lipinski definition) is 3. The second kappa shape index (κ2) is 7.73. The first kappa shape index (κ1) is 19.8. The van der Waals surface area contributed by atoms with Crippen LogP contribution in [0.25, 0.3) is 0 Å².